The molecule has 1 aliphatic heterocycles. The summed E-state index contributed by atoms with van der Waals surface area (Å²) in [7, 11) is 0. The molecule has 8 heteroatoms. The second-order valence-corrected chi connectivity index (χ2v) is 8.12. The SMILES string of the molecule is CC1COCCN1c1cc(-c2ccsc2Cl)c2ccnc(/C(N)=C/C=N)c2n1. The number of allylic oxidation sites excluding steroid dienone is 1. The third kappa shape index (κ3) is 3.37. The zero-order valence-electron chi connectivity index (χ0n) is 15.4. The van der Waals surface area contributed by atoms with Gasteiger partial charge < -0.3 is 20.8 Å². The van der Waals surface area contributed by atoms with Crippen molar-refractivity contribution in [2.75, 3.05) is 24.7 Å². The maximum absolute atomic E-state index is 7.34. The van der Waals surface area contributed by atoms with Crippen molar-refractivity contribution in [1.29, 1.82) is 5.41 Å². The van der Waals surface area contributed by atoms with Gasteiger partial charge in [0.1, 0.15) is 21.4 Å². The lowest BCUT2D eigenvalue weighted by Gasteiger charge is -2.34. The first-order chi connectivity index (χ1) is 13.6. The van der Waals surface area contributed by atoms with Crippen LogP contribution in [0, 0.1) is 5.41 Å². The molecule has 6 nitrogen and oxygen atoms in total. The molecule has 4 heterocycles. The summed E-state index contributed by atoms with van der Waals surface area (Å²) in [4.78, 5) is 11.6. The Labute approximate surface area is 172 Å². The van der Waals surface area contributed by atoms with Crippen LogP contribution in [0.5, 0.6) is 0 Å². The van der Waals surface area contributed by atoms with Gasteiger partial charge in [-0.05, 0) is 42.1 Å². The van der Waals surface area contributed by atoms with E-state index in [0.717, 1.165) is 39.4 Å². The Hall–Kier alpha value is -2.48. The summed E-state index contributed by atoms with van der Waals surface area (Å²) in [5.41, 5.74) is 9.81. The summed E-state index contributed by atoms with van der Waals surface area (Å²) in [6.07, 6.45) is 4.38. The number of nitrogens with one attached hydrogen (secondary N) is 1. The molecule has 0 saturated carbocycles. The van der Waals surface area contributed by atoms with Gasteiger partial charge in [0, 0.05) is 29.9 Å². The molecule has 0 radical (unpaired) electrons. The van der Waals surface area contributed by atoms with Gasteiger partial charge in [-0.1, -0.05) is 11.6 Å². The molecule has 144 valence electrons. The molecule has 1 unspecified atom stereocenters. The molecule has 1 aliphatic rings. The highest BCUT2D eigenvalue weighted by atomic mass is 35.5. The molecular formula is C20H20ClN5OS. The number of halogens is 1. The molecule has 4 rings (SSSR count). The predicted octanol–water partition coefficient (Wildman–Crippen LogP) is 4.19. The van der Waals surface area contributed by atoms with E-state index in [1.54, 1.807) is 6.20 Å². The summed E-state index contributed by atoms with van der Waals surface area (Å²) in [5, 5.41) is 10.2. The topological polar surface area (TPSA) is 88.1 Å². The Bertz CT molecular complexity index is 1060. The van der Waals surface area contributed by atoms with Crippen molar-refractivity contribution in [2.24, 2.45) is 5.73 Å². The number of nitrogens with two attached hydrogens (primary N) is 1. The number of aromatic nitrogens is 2. The van der Waals surface area contributed by atoms with Gasteiger partial charge in [0.15, 0.2) is 0 Å². The molecule has 0 amide bonds. The number of morpholine rings is 1. The third-order valence-corrected chi connectivity index (χ3v) is 5.99. The zero-order chi connectivity index (χ0) is 19.7. The van der Waals surface area contributed by atoms with Crippen LogP contribution in [0.15, 0.2) is 35.9 Å². The summed E-state index contributed by atoms with van der Waals surface area (Å²) in [6.45, 7) is 4.20. The van der Waals surface area contributed by atoms with Crippen molar-refractivity contribution < 1.29 is 4.74 Å². The number of thiophene rings is 1. The van der Waals surface area contributed by atoms with E-state index in [0.29, 0.717) is 30.1 Å². The van der Waals surface area contributed by atoms with Crippen LogP contribution in [0.1, 0.15) is 12.6 Å². The van der Waals surface area contributed by atoms with Crippen molar-refractivity contribution in [1.82, 2.24) is 9.97 Å². The fraction of sp³-hybridized carbons (Fsp3) is 0.250. The van der Waals surface area contributed by atoms with Crippen molar-refractivity contribution in [2.45, 2.75) is 13.0 Å². The Morgan fingerprint density at radius 1 is 1.43 bits per heavy atom. The highest BCUT2D eigenvalue weighted by molar-refractivity contribution is 7.15. The molecule has 0 bridgehead atoms. The average molecular weight is 414 g/mol. The predicted molar refractivity (Wildman–Crippen MR) is 116 cm³/mol. The molecule has 1 atom stereocenters. The number of hydrogen-bond donors (Lipinski definition) is 2. The largest absolute Gasteiger partial charge is 0.397 e. The number of fused-ring (bicyclic) bond motifs is 1. The van der Waals surface area contributed by atoms with E-state index in [4.69, 9.17) is 32.5 Å². The van der Waals surface area contributed by atoms with Crippen LogP contribution in [0.25, 0.3) is 27.7 Å². The van der Waals surface area contributed by atoms with Gasteiger partial charge in [-0.25, -0.2) is 4.98 Å². The van der Waals surface area contributed by atoms with E-state index in [1.807, 2.05) is 17.5 Å². The fourth-order valence-electron chi connectivity index (χ4n) is 3.44. The first-order valence-corrected chi connectivity index (χ1v) is 10.2. The molecule has 0 aromatic carbocycles. The number of nitrogens with zero attached hydrogens (tertiary/aromatic N) is 3. The van der Waals surface area contributed by atoms with Gasteiger partial charge in [-0.15, -0.1) is 11.3 Å². The second-order valence-electron chi connectivity index (χ2n) is 6.60. The zero-order valence-corrected chi connectivity index (χ0v) is 16.9. The fourth-order valence-corrected chi connectivity index (χ4v) is 4.39. The van der Waals surface area contributed by atoms with Gasteiger partial charge in [-0.3, -0.25) is 4.98 Å². The lowest BCUT2D eigenvalue weighted by molar-refractivity contribution is 0.0986. The van der Waals surface area contributed by atoms with Gasteiger partial charge >= 0.3 is 0 Å². The first-order valence-electron chi connectivity index (χ1n) is 8.94. The Morgan fingerprint density at radius 3 is 3.00 bits per heavy atom. The Kier molecular flexibility index (Phi) is 5.30. The maximum atomic E-state index is 7.34. The standard InChI is InChI=1S/C20H20ClN5OS/c1-12-11-27-8-7-26(12)17-10-15(14-4-9-28-20(14)21)13-3-6-24-19(18(13)25-17)16(23)2-5-22/h2-6,9-10,12,22H,7-8,11,23H2,1H3/b16-2-,22-5?. The van der Waals surface area contributed by atoms with Crippen molar-refractivity contribution in [3.63, 3.8) is 0 Å². The van der Waals surface area contributed by atoms with Crippen LogP contribution in [0.2, 0.25) is 4.34 Å². The van der Waals surface area contributed by atoms with Crippen LogP contribution >= 0.6 is 22.9 Å². The summed E-state index contributed by atoms with van der Waals surface area (Å²) < 4.78 is 6.31. The minimum atomic E-state index is 0.207. The molecule has 3 N–H and O–H groups in total. The molecule has 1 fully saturated rings. The molecule has 28 heavy (non-hydrogen) atoms. The van der Waals surface area contributed by atoms with Crippen LogP contribution < -0.4 is 10.6 Å². The molecular weight excluding hydrogens is 394 g/mol. The van der Waals surface area contributed by atoms with Gasteiger partial charge in [0.2, 0.25) is 0 Å². The van der Waals surface area contributed by atoms with Crippen LogP contribution in [-0.2, 0) is 4.74 Å². The van der Waals surface area contributed by atoms with Crippen molar-refractivity contribution >= 4 is 51.6 Å². The number of anilines is 1. The molecule has 0 spiro atoms. The smallest absolute Gasteiger partial charge is 0.130 e. The number of rotatable bonds is 4. The van der Waals surface area contributed by atoms with Crippen LogP contribution in [-0.4, -0.2) is 42.0 Å². The summed E-state index contributed by atoms with van der Waals surface area (Å²) in [6, 6.07) is 6.24. The number of pyridine rings is 2. The van der Waals surface area contributed by atoms with E-state index < -0.39 is 0 Å². The van der Waals surface area contributed by atoms with Crippen LogP contribution in [0.3, 0.4) is 0 Å². The molecule has 3 aromatic rings. The minimum absolute atomic E-state index is 0.207. The highest BCUT2D eigenvalue weighted by Gasteiger charge is 2.23. The Balaban J connectivity index is 2.01. The lowest BCUT2D eigenvalue weighted by Crippen LogP contribution is -2.44. The summed E-state index contributed by atoms with van der Waals surface area (Å²) in [5.74, 6) is 0.845. The van der Waals surface area contributed by atoms with E-state index in [1.165, 1.54) is 17.4 Å². The van der Waals surface area contributed by atoms with Gasteiger partial charge in [-0.2, -0.15) is 0 Å². The second kappa shape index (κ2) is 7.87. The average Bonchev–Trinajstić information content (AvgIpc) is 3.13. The van der Waals surface area contributed by atoms with Crippen LogP contribution in [0.4, 0.5) is 5.82 Å². The molecule has 0 aliphatic carbocycles. The quantitative estimate of drug-likeness (QED) is 0.626. The number of hydrogen-bond acceptors (Lipinski definition) is 7. The van der Waals surface area contributed by atoms with Gasteiger partial charge in [0.25, 0.3) is 0 Å². The minimum Gasteiger partial charge on any atom is -0.397 e. The maximum Gasteiger partial charge on any atom is 0.130 e. The normalized spacial score (nSPS) is 17.9. The first kappa shape index (κ1) is 18.9. The van der Waals surface area contributed by atoms with E-state index in [2.05, 4.69) is 22.9 Å². The van der Waals surface area contributed by atoms with E-state index in [-0.39, 0.29) is 6.04 Å². The van der Waals surface area contributed by atoms with Gasteiger partial charge in [0.05, 0.1) is 25.0 Å². The summed E-state index contributed by atoms with van der Waals surface area (Å²) >= 11 is 7.97. The highest BCUT2D eigenvalue weighted by Crippen LogP contribution is 2.39. The Morgan fingerprint density at radius 2 is 2.29 bits per heavy atom. The van der Waals surface area contributed by atoms with E-state index >= 15 is 0 Å². The molecule has 3 aromatic heterocycles. The van der Waals surface area contributed by atoms with Crippen molar-refractivity contribution in [3.8, 4) is 11.1 Å². The monoisotopic (exact) mass is 413 g/mol. The molecule has 1 saturated heterocycles. The lowest BCUT2D eigenvalue weighted by atomic mass is 10.0. The van der Waals surface area contributed by atoms with Crippen molar-refractivity contribution in [3.05, 3.63) is 45.9 Å². The third-order valence-electron chi connectivity index (χ3n) is 4.82. The number of ether oxygens (including phenoxy) is 1. The van der Waals surface area contributed by atoms with E-state index in [9.17, 15) is 0 Å².